The summed E-state index contributed by atoms with van der Waals surface area (Å²) in [4.78, 5) is 25.4. The first kappa shape index (κ1) is 22.6. The summed E-state index contributed by atoms with van der Waals surface area (Å²) >= 11 is 6.07. The minimum absolute atomic E-state index is 0.0166. The molecule has 0 aliphatic heterocycles. The van der Waals surface area contributed by atoms with E-state index in [1.54, 1.807) is 50.2 Å². The van der Waals surface area contributed by atoms with Crippen molar-refractivity contribution < 1.29 is 17.9 Å². The number of rotatable bonds is 6. The van der Waals surface area contributed by atoms with E-state index in [1.165, 1.54) is 25.3 Å². The summed E-state index contributed by atoms with van der Waals surface area (Å²) in [5.41, 5.74) is 0.470. The van der Waals surface area contributed by atoms with Gasteiger partial charge in [0.25, 0.3) is 5.56 Å². The molecule has 3 rings (SSSR count). The number of anilines is 1. The molecule has 0 bridgehead atoms. The van der Waals surface area contributed by atoms with Gasteiger partial charge in [-0.25, -0.2) is 8.42 Å². The van der Waals surface area contributed by atoms with E-state index in [0.29, 0.717) is 27.7 Å². The van der Waals surface area contributed by atoms with E-state index >= 15 is 0 Å². The highest BCUT2D eigenvalue weighted by Gasteiger charge is 2.26. The number of aryl methyl sites for hydroxylation is 2. The quantitative estimate of drug-likeness (QED) is 0.606. The smallest absolute Gasteiger partial charge is 0.270 e. The minimum atomic E-state index is -4.04. The second-order valence-corrected chi connectivity index (χ2v) is 9.20. The van der Waals surface area contributed by atoms with Crippen LogP contribution in [0.15, 0.2) is 69.2 Å². The highest BCUT2D eigenvalue weighted by atomic mass is 35.5. The molecule has 0 saturated heterocycles. The Hall–Kier alpha value is -3.10. The van der Waals surface area contributed by atoms with E-state index < -0.39 is 21.3 Å². The van der Waals surface area contributed by atoms with Crippen molar-refractivity contribution >= 4 is 33.0 Å². The van der Waals surface area contributed by atoms with Crippen molar-refractivity contribution in [3.63, 3.8) is 0 Å². The maximum atomic E-state index is 13.1. The Morgan fingerprint density at radius 1 is 1.10 bits per heavy atom. The van der Waals surface area contributed by atoms with Gasteiger partial charge in [0.2, 0.25) is 15.7 Å². The molecule has 0 unspecified atom stereocenters. The summed E-state index contributed by atoms with van der Waals surface area (Å²) in [6, 6.07) is 14.0. The first-order chi connectivity index (χ1) is 14.6. The van der Waals surface area contributed by atoms with Crippen molar-refractivity contribution in [2.24, 2.45) is 0 Å². The van der Waals surface area contributed by atoms with Crippen molar-refractivity contribution in [3.05, 3.63) is 81.2 Å². The molecule has 9 heteroatoms. The van der Waals surface area contributed by atoms with Gasteiger partial charge in [0.1, 0.15) is 17.2 Å². The van der Waals surface area contributed by atoms with Crippen LogP contribution in [-0.2, 0) is 21.2 Å². The normalized spacial score (nSPS) is 11.2. The number of sulfone groups is 1. The van der Waals surface area contributed by atoms with Gasteiger partial charge in [-0.05, 0) is 55.8 Å². The van der Waals surface area contributed by atoms with Gasteiger partial charge in [0.15, 0.2) is 0 Å². The fourth-order valence-electron chi connectivity index (χ4n) is 3.24. The monoisotopic (exact) mass is 460 g/mol. The van der Waals surface area contributed by atoms with Crippen molar-refractivity contribution in [1.82, 2.24) is 4.57 Å². The maximum absolute atomic E-state index is 13.1. The molecule has 1 heterocycles. The zero-order valence-electron chi connectivity index (χ0n) is 17.2. The maximum Gasteiger partial charge on any atom is 0.270 e. The predicted octanol–water partition coefficient (Wildman–Crippen LogP) is 3.60. The Morgan fingerprint density at radius 3 is 2.39 bits per heavy atom. The lowest BCUT2D eigenvalue weighted by Gasteiger charge is -2.15. The summed E-state index contributed by atoms with van der Waals surface area (Å²) in [6.45, 7) is 2.85. The summed E-state index contributed by atoms with van der Waals surface area (Å²) in [5.74, 6) is -0.0422. The third-order valence-electron chi connectivity index (χ3n) is 4.71. The largest absolute Gasteiger partial charge is 0.495 e. The molecular formula is C22H21ClN2O5S. The Morgan fingerprint density at radius 2 is 1.77 bits per heavy atom. The van der Waals surface area contributed by atoms with Crippen LogP contribution in [0.2, 0.25) is 5.02 Å². The Kier molecular flexibility index (Phi) is 6.52. The fraction of sp³-hybridized carbons (Fsp3) is 0.182. The molecule has 0 fully saturated rings. The number of hydrogen-bond donors (Lipinski definition) is 1. The van der Waals surface area contributed by atoms with Crippen molar-refractivity contribution in [1.29, 1.82) is 0 Å². The number of ether oxygens (including phenoxy) is 1. The van der Waals surface area contributed by atoms with Crippen molar-refractivity contribution in [2.75, 3.05) is 12.4 Å². The summed E-state index contributed by atoms with van der Waals surface area (Å²) in [7, 11) is -2.56. The number of benzene rings is 2. The van der Waals surface area contributed by atoms with Gasteiger partial charge in [-0.15, -0.1) is 0 Å². The lowest BCUT2D eigenvalue weighted by Crippen LogP contribution is -2.33. The number of pyridine rings is 1. The minimum Gasteiger partial charge on any atom is -0.495 e. The second kappa shape index (κ2) is 8.95. The van der Waals surface area contributed by atoms with Crippen LogP contribution in [0.25, 0.3) is 0 Å². The number of nitrogens with one attached hydrogen (secondary N) is 1. The first-order valence-corrected chi connectivity index (χ1v) is 11.2. The number of nitrogens with zero attached hydrogens (tertiary/aromatic N) is 1. The van der Waals surface area contributed by atoms with Gasteiger partial charge in [0.05, 0.1) is 17.0 Å². The van der Waals surface area contributed by atoms with Crippen LogP contribution in [0.4, 0.5) is 5.69 Å². The number of amides is 1. The number of hydrogen-bond acceptors (Lipinski definition) is 5. The number of carbonyl (C=O) groups excluding carboxylic acids is 1. The van der Waals surface area contributed by atoms with Crippen molar-refractivity contribution in [2.45, 2.75) is 30.2 Å². The molecule has 0 aliphatic rings. The highest BCUT2D eigenvalue weighted by Crippen LogP contribution is 2.27. The second-order valence-electron chi connectivity index (χ2n) is 6.90. The van der Waals surface area contributed by atoms with E-state index in [4.69, 9.17) is 16.3 Å². The zero-order valence-corrected chi connectivity index (χ0v) is 18.8. The molecule has 0 aliphatic carbocycles. The third kappa shape index (κ3) is 4.65. The molecule has 31 heavy (non-hydrogen) atoms. The zero-order chi connectivity index (χ0) is 22.8. The lowest BCUT2D eigenvalue weighted by molar-refractivity contribution is -0.116. The third-order valence-corrected chi connectivity index (χ3v) is 6.93. The van der Waals surface area contributed by atoms with Crippen molar-refractivity contribution in [3.8, 4) is 5.75 Å². The van der Waals surface area contributed by atoms with Crippen LogP contribution in [0.3, 0.4) is 0 Å². The van der Waals surface area contributed by atoms with E-state index in [0.717, 1.165) is 4.57 Å². The molecular weight excluding hydrogens is 440 g/mol. The van der Waals surface area contributed by atoms with Crippen LogP contribution in [0, 0.1) is 13.8 Å². The molecule has 0 atom stereocenters. The van der Waals surface area contributed by atoms with Crippen LogP contribution in [0.1, 0.15) is 11.3 Å². The number of methoxy groups -OCH3 is 1. The van der Waals surface area contributed by atoms with Gasteiger partial charge in [-0.1, -0.05) is 29.8 Å². The molecule has 0 radical (unpaired) electrons. The van der Waals surface area contributed by atoms with Gasteiger partial charge in [0, 0.05) is 11.4 Å². The van der Waals surface area contributed by atoms with Gasteiger partial charge >= 0.3 is 0 Å². The first-order valence-electron chi connectivity index (χ1n) is 9.29. The highest BCUT2D eigenvalue weighted by molar-refractivity contribution is 7.91. The SMILES string of the molecule is COc1ccc(NC(=O)Cn2c(C)cc(C)c(S(=O)(=O)c3ccccc3)c2=O)cc1Cl. The molecule has 0 spiro atoms. The molecule has 162 valence electrons. The molecule has 1 aromatic heterocycles. The number of halogens is 1. The molecule has 1 N–H and O–H groups in total. The van der Waals surface area contributed by atoms with E-state index in [-0.39, 0.29) is 16.3 Å². The summed E-state index contributed by atoms with van der Waals surface area (Å²) < 4.78 is 32.4. The Bertz CT molecular complexity index is 1300. The summed E-state index contributed by atoms with van der Waals surface area (Å²) in [5, 5.41) is 2.97. The number of carbonyl (C=O) groups is 1. The van der Waals surface area contributed by atoms with E-state index in [9.17, 15) is 18.0 Å². The van der Waals surface area contributed by atoms with Crippen LogP contribution < -0.4 is 15.6 Å². The summed E-state index contributed by atoms with van der Waals surface area (Å²) in [6.07, 6.45) is 0. The van der Waals surface area contributed by atoms with Crippen LogP contribution >= 0.6 is 11.6 Å². The van der Waals surface area contributed by atoms with Gasteiger partial charge in [-0.2, -0.15) is 0 Å². The predicted molar refractivity (Wildman–Crippen MR) is 119 cm³/mol. The van der Waals surface area contributed by atoms with Crippen LogP contribution in [0.5, 0.6) is 5.75 Å². The topological polar surface area (TPSA) is 94.5 Å². The lowest BCUT2D eigenvalue weighted by atomic mass is 10.2. The molecule has 1 amide bonds. The van der Waals surface area contributed by atoms with Gasteiger partial charge in [-0.3, -0.25) is 9.59 Å². The van der Waals surface area contributed by atoms with E-state index in [2.05, 4.69) is 5.32 Å². The van der Waals surface area contributed by atoms with Crippen LogP contribution in [-0.4, -0.2) is 26.0 Å². The molecule has 2 aromatic carbocycles. The van der Waals surface area contributed by atoms with Gasteiger partial charge < -0.3 is 14.6 Å². The standard InChI is InChI=1S/C22H21ClN2O5S/c1-14-11-15(2)25(13-20(26)24-16-9-10-19(30-3)18(23)12-16)22(27)21(14)31(28,29)17-7-5-4-6-8-17/h4-12H,13H2,1-3H3,(H,24,26). The Balaban J connectivity index is 1.96. The Labute approximate surface area is 185 Å². The molecule has 0 saturated carbocycles. The molecule has 7 nitrogen and oxygen atoms in total. The fourth-order valence-corrected chi connectivity index (χ4v) is 5.07. The average Bonchev–Trinajstić information content (AvgIpc) is 2.71. The average molecular weight is 461 g/mol. The van der Waals surface area contributed by atoms with E-state index in [1.807, 2.05) is 0 Å². The molecule has 3 aromatic rings. The number of aromatic nitrogens is 1.